The van der Waals surface area contributed by atoms with E-state index in [4.69, 9.17) is 6.42 Å². The molecule has 0 spiro atoms. The van der Waals surface area contributed by atoms with E-state index in [1.54, 1.807) is 0 Å². The van der Waals surface area contributed by atoms with Gasteiger partial charge in [0.15, 0.2) is 0 Å². The SMILES string of the molecule is C#CC(CCC)NCc1cc(O)cc(F)c1. The van der Waals surface area contributed by atoms with Crippen LogP contribution in [0.2, 0.25) is 0 Å². The van der Waals surface area contributed by atoms with E-state index < -0.39 is 5.82 Å². The molecule has 2 N–H and O–H groups in total. The molecule has 1 aromatic carbocycles. The second-order valence-electron chi connectivity index (χ2n) is 3.71. The van der Waals surface area contributed by atoms with Crippen LogP contribution < -0.4 is 5.32 Å². The standard InChI is InChI=1S/C13H16FNO/c1-3-5-12(4-2)15-9-10-6-11(14)8-13(16)7-10/h2,6-8,12,15-16H,3,5,9H2,1H3. The van der Waals surface area contributed by atoms with Crippen LogP contribution in [0.4, 0.5) is 4.39 Å². The van der Waals surface area contributed by atoms with E-state index in [1.165, 1.54) is 12.1 Å². The number of rotatable bonds is 5. The molecule has 1 atom stereocenters. The molecule has 0 aliphatic carbocycles. The summed E-state index contributed by atoms with van der Waals surface area (Å²) in [7, 11) is 0. The number of hydrogen-bond donors (Lipinski definition) is 2. The van der Waals surface area contributed by atoms with E-state index in [-0.39, 0.29) is 11.8 Å². The number of terminal acetylenes is 1. The second-order valence-corrected chi connectivity index (χ2v) is 3.71. The summed E-state index contributed by atoms with van der Waals surface area (Å²) in [6.45, 7) is 2.51. The molecule has 2 nitrogen and oxygen atoms in total. The summed E-state index contributed by atoms with van der Waals surface area (Å²) >= 11 is 0. The minimum atomic E-state index is -0.440. The number of halogens is 1. The number of phenolic OH excluding ortho intramolecular Hbond substituents is 1. The van der Waals surface area contributed by atoms with Gasteiger partial charge in [0.1, 0.15) is 11.6 Å². The number of aromatic hydroxyl groups is 1. The molecule has 0 aromatic heterocycles. The van der Waals surface area contributed by atoms with Gasteiger partial charge >= 0.3 is 0 Å². The van der Waals surface area contributed by atoms with Crippen molar-refractivity contribution in [2.45, 2.75) is 32.4 Å². The maximum atomic E-state index is 13.0. The average Bonchev–Trinajstić information content (AvgIpc) is 2.23. The van der Waals surface area contributed by atoms with Crippen molar-refractivity contribution in [3.05, 3.63) is 29.6 Å². The third-order valence-corrected chi connectivity index (χ3v) is 2.27. The predicted molar refractivity (Wildman–Crippen MR) is 62.4 cm³/mol. The summed E-state index contributed by atoms with van der Waals surface area (Å²) in [6.07, 6.45) is 7.23. The van der Waals surface area contributed by atoms with Gasteiger partial charge in [-0.2, -0.15) is 0 Å². The summed E-state index contributed by atoms with van der Waals surface area (Å²) in [4.78, 5) is 0. The molecule has 0 fully saturated rings. The predicted octanol–water partition coefficient (Wildman–Crippen LogP) is 2.42. The second kappa shape index (κ2) is 6.14. The molecule has 0 aliphatic rings. The van der Waals surface area contributed by atoms with Crippen LogP contribution in [-0.4, -0.2) is 11.1 Å². The Bertz CT molecular complexity index is 364. The fourth-order valence-corrected chi connectivity index (χ4v) is 1.51. The van der Waals surface area contributed by atoms with Gasteiger partial charge in [-0.1, -0.05) is 19.3 Å². The van der Waals surface area contributed by atoms with Crippen molar-refractivity contribution in [1.82, 2.24) is 5.32 Å². The first-order chi connectivity index (χ1) is 7.65. The Balaban J connectivity index is 2.57. The van der Waals surface area contributed by atoms with Crippen LogP contribution in [0, 0.1) is 18.2 Å². The Hall–Kier alpha value is -1.53. The highest BCUT2D eigenvalue weighted by molar-refractivity contribution is 5.28. The topological polar surface area (TPSA) is 32.3 Å². The molecule has 1 unspecified atom stereocenters. The van der Waals surface area contributed by atoms with E-state index in [1.807, 2.05) is 0 Å². The van der Waals surface area contributed by atoms with E-state index >= 15 is 0 Å². The van der Waals surface area contributed by atoms with E-state index in [9.17, 15) is 9.50 Å². The minimum absolute atomic E-state index is 0.00425. The molecule has 0 bridgehead atoms. The van der Waals surface area contributed by atoms with Crippen LogP contribution in [0.3, 0.4) is 0 Å². The lowest BCUT2D eigenvalue weighted by Crippen LogP contribution is -2.26. The molecule has 0 saturated heterocycles. The van der Waals surface area contributed by atoms with Crippen LogP contribution in [-0.2, 0) is 6.54 Å². The summed E-state index contributed by atoms with van der Waals surface area (Å²) in [5, 5.41) is 12.3. The molecule has 0 saturated carbocycles. The van der Waals surface area contributed by atoms with Crippen molar-refractivity contribution in [3.8, 4) is 18.1 Å². The fraction of sp³-hybridized carbons (Fsp3) is 0.385. The van der Waals surface area contributed by atoms with Crippen molar-refractivity contribution >= 4 is 0 Å². The Morgan fingerprint density at radius 3 is 2.81 bits per heavy atom. The van der Waals surface area contributed by atoms with Gasteiger partial charge in [0.2, 0.25) is 0 Å². The third kappa shape index (κ3) is 3.92. The zero-order chi connectivity index (χ0) is 12.0. The van der Waals surface area contributed by atoms with Crippen molar-refractivity contribution in [2.24, 2.45) is 0 Å². The zero-order valence-electron chi connectivity index (χ0n) is 9.33. The normalized spacial score (nSPS) is 12.1. The highest BCUT2D eigenvalue weighted by Gasteiger charge is 2.04. The van der Waals surface area contributed by atoms with Gasteiger partial charge in [0.25, 0.3) is 0 Å². The molecule has 1 aromatic rings. The molecule has 1 rings (SSSR count). The lowest BCUT2D eigenvalue weighted by atomic mass is 10.1. The molecule has 0 amide bonds. The number of phenols is 1. The molecule has 86 valence electrons. The molecule has 0 aliphatic heterocycles. The summed E-state index contributed by atoms with van der Waals surface area (Å²) in [5.74, 6) is 2.13. The largest absolute Gasteiger partial charge is 0.508 e. The van der Waals surface area contributed by atoms with E-state index in [2.05, 4.69) is 18.2 Å². The van der Waals surface area contributed by atoms with Crippen molar-refractivity contribution in [2.75, 3.05) is 0 Å². The van der Waals surface area contributed by atoms with Gasteiger partial charge in [-0.25, -0.2) is 4.39 Å². The van der Waals surface area contributed by atoms with Gasteiger partial charge < -0.3 is 5.11 Å². The van der Waals surface area contributed by atoms with Crippen LogP contribution in [0.5, 0.6) is 5.75 Å². The highest BCUT2D eigenvalue weighted by Crippen LogP contribution is 2.14. The van der Waals surface area contributed by atoms with Gasteiger partial charge in [-0.3, -0.25) is 5.32 Å². The van der Waals surface area contributed by atoms with Gasteiger partial charge in [-0.05, 0) is 24.1 Å². The molecule has 0 radical (unpaired) electrons. The molecule has 0 heterocycles. The monoisotopic (exact) mass is 221 g/mol. The third-order valence-electron chi connectivity index (χ3n) is 2.27. The zero-order valence-corrected chi connectivity index (χ0v) is 9.33. The maximum absolute atomic E-state index is 13.0. The van der Waals surface area contributed by atoms with E-state index in [0.29, 0.717) is 12.1 Å². The first-order valence-corrected chi connectivity index (χ1v) is 5.33. The van der Waals surface area contributed by atoms with Crippen LogP contribution in [0.25, 0.3) is 0 Å². The molecular formula is C13H16FNO. The Morgan fingerprint density at radius 2 is 2.25 bits per heavy atom. The number of hydrogen-bond acceptors (Lipinski definition) is 2. The lowest BCUT2D eigenvalue weighted by Gasteiger charge is -2.12. The van der Waals surface area contributed by atoms with Crippen LogP contribution in [0.1, 0.15) is 25.3 Å². The summed E-state index contributed by atoms with van der Waals surface area (Å²) in [6, 6.07) is 3.98. The van der Waals surface area contributed by atoms with Crippen molar-refractivity contribution in [3.63, 3.8) is 0 Å². The fourth-order valence-electron chi connectivity index (χ4n) is 1.51. The molecule has 16 heavy (non-hydrogen) atoms. The summed E-state index contributed by atoms with van der Waals surface area (Å²) in [5.41, 5.74) is 0.689. The quantitative estimate of drug-likeness (QED) is 0.748. The smallest absolute Gasteiger partial charge is 0.127 e. The van der Waals surface area contributed by atoms with Crippen molar-refractivity contribution < 1.29 is 9.50 Å². The average molecular weight is 221 g/mol. The van der Waals surface area contributed by atoms with E-state index in [0.717, 1.165) is 18.9 Å². The minimum Gasteiger partial charge on any atom is -0.508 e. The highest BCUT2D eigenvalue weighted by atomic mass is 19.1. The Morgan fingerprint density at radius 1 is 1.50 bits per heavy atom. The van der Waals surface area contributed by atoms with Gasteiger partial charge in [0.05, 0.1) is 6.04 Å². The lowest BCUT2D eigenvalue weighted by molar-refractivity contribution is 0.466. The molecular weight excluding hydrogens is 205 g/mol. The maximum Gasteiger partial charge on any atom is 0.127 e. The van der Waals surface area contributed by atoms with Gasteiger partial charge in [-0.15, -0.1) is 6.42 Å². The van der Waals surface area contributed by atoms with Crippen molar-refractivity contribution in [1.29, 1.82) is 0 Å². The summed E-state index contributed by atoms with van der Waals surface area (Å²) < 4.78 is 13.0. The van der Waals surface area contributed by atoms with Gasteiger partial charge in [0, 0.05) is 12.6 Å². The molecule has 3 heteroatoms. The Labute approximate surface area is 95.5 Å². The number of benzene rings is 1. The van der Waals surface area contributed by atoms with Crippen LogP contribution in [0.15, 0.2) is 18.2 Å². The van der Waals surface area contributed by atoms with Crippen LogP contribution >= 0.6 is 0 Å². The Kier molecular flexibility index (Phi) is 4.81. The number of nitrogens with one attached hydrogen (secondary N) is 1. The first-order valence-electron chi connectivity index (χ1n) is 5.33. The first kappa shape index (κ1) is 12.5.